The first kappa shape index (κ1) is 19.0. The van der Waals surface area contributed by atoms with Gasteiger partial charge in [0.1, 0.15) is 15.5 Å². The van der Waals surface area contributed by atoms with Gasteiger partial charge in [-0.1, -0.05) is 17.7 Å². The number of sulfonamides is 1. The summed E-state index contributed by atoms with van der Waals surface area (Å²) in [5.74, 6) is -0.563. The lowest BCUT2D eigenvalue weighted by atomic mass is 10.2. The molecule has 2 heterocycles. The lowest BCUT2D eigenvalue weighted by molar-refractivity contribution is 0.0602. The first-order chi connectivity index (χ1) is 12.3. The molecule has 0 aliphatic carbocycles. The molecule has 3 rings (SSSR count). The molecule has 7 nitrogen and oxygen atoms in total. The van der Waals surface area contributed by atoms with E-state index in [0.29, 0.717) is 13.1 Å². The van der Waals surface area contributed by atoms with Crippen LogP contribution in [0.4, 0.5) is 5.69 Å². The first-order valence-electron chi connectivity index (χ1n) is 7.74. The monoisotopic (exact) mass is 416 g/mol. The minimum atomic E-state index is -3.86. The number of carbonyl (C=O) groups excluding carboxylic acids is 1. The molecule has 1 aliphatic heterocycles. The molecule has 10 heteroatoms. The second-order valence-corrected chi connectivity index (χ2v) is 9.24. The van der Waals surface area contributed by atoms with E-state index in [0.717, 1.165) is 17.0 Å². The van der Waals surface area contributed by atoms with Crippen LogP contribution in [0.3, 0.4) is 0 Å². The van der Waals surface area contributed by atoms with Gasteiger partial charge in [0, 0.05) is 37.9 Å². The summed E-state index contributed by atoms with van der Waals surface area (Å²) < 4.78 is 32.1. The van der Waals surface area contributed by atoms with Gasteiger partial charge in [0.2, 0.25) is 10.0 Å². The van der Waals surface area contributed by atoms with Gasteiger partial charge in [-0.25, -0.2) is 13.2 Å². The molecule has 0 saturated carbocycles. The molecule has 1 aliphatic rings. The van der Waals surface area contributed by atoms with Gasteiger partial charge in [-0.3, -0.25) is 0 Å². The molecule has 2 aromatic rings. The Hall–Kier alpha value is -1.81. The zero-order valence-corrected chi connectivity index (χ0v) is 16.3. The van der Waals surface area contributed by atoms with E-state index < -0.39 is 16.0 Å². The van der Waals surface area contributed by atoms with Crippen LogP contribution in [-0.2, 0) is 14.8 Å². The Labute approximate surface area is 160 Å². The molecule has 0 unspecified atom stereocenters. The number of phenols is 1. The predicted octanol–water partition coefficient (Wildman–Crippen LogP) is 2.40. The van der Waals surface area contributed by atoms with Crippen LogP contribution in [0.5, 0.6) is 5.75 Å². The quantitative estimate of drug-likeness (QED) is 0.770. The summed E-state index contributed by atoms with van der Waals surface area (Å²) in [6.07, 6.45) is 0. The maximum Gasteiger partial charge on any atom is 0.349 e. The van der Waals surface area contributed by atoms with Crippen LogP contribution in [-0.4, -0.2) is 57.1 Å². The number of aromatic hydroxyl groups is 1. The fourth-order valence-corrected chi connectivity index (χ4v) is 5.91. The molecule has 0 bridgehead atoms. The van der Waals surface area contributed by atoms with Crippen molar-refractivity contribution in [3.63, 3.8) is 0 Å². The van der Waals surface area contributed by atoms with Crippen molar-refractivity contribution in [3.8, 4) is 5.75 Å². The number of piperazine rings is 1. The number of halogens is 1. The predicted molar refractivity (Wildman–Crippen MR) is 99.7 cm³/mol. The van der Waals surface area contributed by atoms with Crippen LogP contribution in [0.2, 0.25) is 4.34 Å². The molecule has 1 aromatic heterocycles. The fraction of sp³-hybridized carbons (Fsp3) is 0.312. The first-order valence-corrected chi connectivity index (χ1v) is 10.4. The molecule has 1 saturated heterocycles. The number of thiophene rings is 1. The highest BCUT2D eigenvalue weighted by Gasteiger charge is 2.34. The summed E-state index contributed by atoms with van der Waals surface area (Å²) in [6.45, 7) is 1.44. The minimum absolute atomic E-state index is 0.0205. The SMILES string of the molecule is COC(=O)c1sc(Cl)cc1S(=O)(=O)N1CCN(c2cccc(O)c2)CC1. The Morgan fingerprint density at radius 2 is 1.92 bits per heavy atom. The minimum Gasteiger partial charge on any atom is -0.508 e. The van der Waals surface area contributed by atoms with Crippen molar-refractivity contribution in [1.82, 2.24) is 4.31 Å². The van der Waals surface area contributed by atoms with E-state index in [1.807, 2.05) is 11.0 Å². The molecular formula is C16H17ClN2O5S2. The number of phenolic OH excluding ortho intramolecular Hbond substituents is 1. The van der Waals surface area contributed by atoms with Crippen molar-refractivity contribution in [2.75, 3.05) is 38.2 Å². The molecule has 0 amide bonds. The summed E-state index contributed by atoms with van der Waals surface area (Å²) in [4.78, 5) is 13.7. The molecule has 1 aromatic carbocycles. The summed E-state index contributed by atoms with van der Waals surface area (Å²) in [6, 6.07) is 8.11. The maximum absolute atomic E-state index is 12.9. The van der Waals surface area contributed by atoms with Crippen LogP contribution >= 0.6 is 22.9 Å². The van der Waals surface area contributed by atoms with Gasteiger partial charge in [0.15, 0.2) is 0 Å². The van der Waals surface area contributed by atoms with E-state index >= 15 is 0 Å². The van der Waals surface area contributed by atoms with E-state index in [2.05, 4.69) is 4.74 Å². The zero-order chi connectivity index (χ0) is 18.9. The van der Waals surface area contributed by atoms with Gasteiger partial charge in [-0.2, -0.15) is 4.31 Å². The van der Waals surface area contributed by atoms with Crippen molar-refractivity contribution in [3.05, 3.63) is 39.5 Å². The Bertz CT molecular complexity index is 920. The molecule has 140 valence electrons. The lowest BCUT2D eigenvalue weighted by Gasteiger charge is -2.35. The maximum atomic E-state index is 12.9. The van der Waals surface area contributed by atoms with Gasteiger partial charge in [0.05, 0.1) is 11.4 Å². The topological polar surface area (TPSA) is 87.2 Å². The summed E-state index contributed by atoms with van der Waals surface area (Å²) >= 11 is 6.81. The standard InChI is InChI=1S/C16H17ClN2O5S2/c1-24-16(21)15-13(10-14(17)25-15)26(22,23)19-7-5-18(6-8-19)11-3-2-4-12(20)9-11/h2-4,9-10,20H,5-8H2,1H3. The number of ether oxygens (including phenoxy) is 1. The number of anilines is 1. The highest BCUT2D eigenvalue weighted by molar-refractivity contribution is 7.89. The molecular weight excluding hydrogens is 400 g/mol. The van der Waals surface area contributed by atoms with Crippen molar-refractivity contribution in [2.45, 2.75) is 4.90 Å². The van der Waals surface area contributed by atoms with Gasteiger partial charge in [-0.15, -0.1) is 11.3 Å². The summed E-state index contributed by atoms with van der Waals surface area (Å²) in [5.41, 5.74) is 0.830. The number of benzene rings is 1. The Balaban J connectivity index is 1.80. The van der Waals surface area contributed by atoms with Gasteiger partial charge >= 0.3 is 5.97 Å². The second kappa shape index (κ2) is 7.43. The third-order valence-corrected chi connectivity index (χ3v) is 7.39. The van der Waals surface area contributed by atoms with Gasteiger partial charge in [0.25, 0.3) is 0 Å². The number of hydrogen-bond acceptors (Lipinski definition) is 7. The average Bonchev–Trinajstić information content (AvgIpc) is 3.04. The van der Waals surface area contributed by atoms with E-state index in [-0.39, 0.29) is 32.9 Å². The molecule has 0 spiro atoms. The van der Waals surface area contributed by atoms with E-state index in [1.54, 1.807) is 18.2 Å². The van der Waals surface area contributed by atoms with E-state index in [9.17, 15) is 18.3 Å². The van der Waals surface area contributed by atoms with Crippen LogP contribution in [0.25, 0.3) is 0 Å². The van der Waals surface area contributed by atoms with Crippen molar-refractivity contribution in [1.29, 1.82) is 0 Å². The highest BCUT2D eigenvalue weighted by atomic mass is 35.5. The van der Waals surface area contributed by atoms with Crippen molar-refractivity contribution >= 4 is 44.6 Å². The smallest absolute Gasteiger partial charge is 0.349 e. The van der Waals surface area contributed by atoms with Crippen molar-refractivity contribution in [2.24, 2.45) is 0 Å². The number of carbonyl (C=O) groups is 1. The number of methoxy groups -OCH3 is 1. The highest BCUT2D eigenvalue weighted by Crippen LogP contribution is 2.33. The molecule has 0 atom stereocenters. The molecule has 26 heavy (non-hydrogen) atoms. The zero-order valence-electron chi connectivity index (χ0n) is 13.9. The van der Waals surface area contributed by atoms with Crippen LogP contribution < -0.4 is 4.90 Å². The number of nitrogens with zero attached hydrogens (tertiary/aromatic N) is 2. The fourth-order valence-electron chi connectivity index (χ4n) is 2.79. The van der Waals surface area contributed by atoms with Crippen LogP contribution in [0.1, 0.15) is 9.67 Å². The lowest BCUT2D eigenvalue weighted by Crippen LogP contribution is -2.48. The average molecular weight is 417 g/mol. The second-order valence-electron chi connectivity index (χ2n) is 5.65. The van der Waals surface area contributed by atoms with Crippen LogP contribution in [0.15, 0.2) is 35.2 Å². The Kier molecular flexibility index (Phi) is 5.42. The van der Waals surface area contributed by atoms with Gasteiger partial charge in [-0.05, 0) is 18.2 Å². The summed E-state index contributed by atoms with van der Waals surface area (Å²) in [5, 5.41) is 9.59. The molecule has 0 radical (unpaired) electrons. The third-order valence-electron chi connectivity index (χ3n) is 4.09. The summed E-state index contributed by atoms with van der Waals surface area (Å²) in [7, 11) is -2.66. The van der Waals surface area contributed by atoms with Gasteiger partial charge < -0.3 is 14.7 Å². The number of hydrogen-bond donors (Lipinski definition) is 1. The van der Waals surface area contributed by atoms with E-state index in [1.165, 1.54) is 17.5 Å². The largest absolute Gasteiger partial charge is 0.508 e. The molecule has 1 N–H and O–H groups in total. The van der Waals surface area contributed by atoms with Crippen LogP contribution in [0, 0.1) is 0 Å². The Morgan fingerprint density at radius 1 is 1.23 bits per heavy atom. The van der Waals surface area contributed by atoms with E-state index in [4.69, 9.17) is 11.6 Å². The Morgan fingerprint density at radius 3 is 2.54 bits per heavy atom. The normalized spacial score (nSPS) is 15.8. The van der Waals surface area contributed by atoms with Crippen molar-refractivity contribution < 1.29 is 23.1 Å². The third kappa shape index (κ3) is 3.66. The molecule has 1 fully saturated rings. The number of rotatable bonds is 4. The number of esters is 1.